The summed E-state index contributed by atoms with van der Waals surface area (Å²) >= 11 is 0. The summed E-state index contributed by atoms with van der Waals surface area (Å²) in [4.78, 5) is 19.9. The molecule has 0 saturated carbocycles. The van der Waals surface area contributed by atoms with Gasteiger partial charge in [-0.3, -0.25) is 9.59 Å². The number of rotatable bonds is 4. The Hall–Kier alpha value is -0.581. The van der Waals surface area contributed by atoms with E-state index in [-0.39, 0.29) is 29.9 Å². The first-order valence-corrected chi connectivity index (χ1v) is 2.74. The van der Waals surface area contributed by atoms with Crippen LogP contribution < -0.4 is 5.73 Å². The Labute approximate surface area is 74.0 Å². The van der Waals surface area contributed by atoms with Gasteiger partial charge in [-0.15, -0.1) is 0 Å². The molecule has 6 heteroatoms. The minimum atomic E-state index is -1.17. The number of hydrogen-bond donors (Lipinski definition) is 3. The van der Waals surface area contributed by atoms with Crippen molar-refractivity contribution in [1.29, 1.82) is 0 Å². The van der Waals surface area contributed by atoms with Gasteiger partial charge < -0.3 is 15.9 Å². The van der Waals surface area contributed by atoms with E-state index in [0.717, 1.165) is 0 Å². The van der Waals surface area contributed by atoms with Crippen LogP contribution in [0.2, 0.25) is 0 Å². The Morgan fingerprint density at radius 1 is 1.36 bits per heavy atom. The normalized spacial score (nSPS) is 11.4. The second-order valence-corrected chi connectivity index (χ2v) is 1.88. The average Bonchev–Trinajstić information content (AvgIpc) is 1.82. The van der Waals surface area contributed by atoms with Gasteiger partial charge >= 0.3 is 29.0 Å². The molecule has 0 aliphatic rings. The van der Waals surface area contributed by atoms with Crippen molar-refractivity contribution in [2.75, 3.05) is 0 Å². The standard InChI is InChI=1S/C5H9NO4.H2Se/c6-3(5(9)10)1-2-4(7)8;/h3H,1-2,6H2,(H,7,8)(H,9,10);1H2. The molecule has 0 aliphatic heterocycles. The van der Waals surface area contributed by atoms with E-state index in [1.54, 1.807) is 0 Å². The van der Waals surface area contributed by atoms with Gasteiger partial charge in [-0.25, -0.2) is 0 Å². The third-order valence-electron chi connectivity index (χ3n) is 0.986. The van der Waals surface area contributed by atoms with Crippen LogP contribution in [0.1, 0.15) is 12.8 Å². The summed E-state index contributed by atoms with van der Waals surface area (Å²) in [7, 11) is 0. The van der Waals surface area contributed by atoms with E-state index in [4.69, 9.17) is 15.9 Å². The van der Waals surface area contributed by atoms with E-state index in [0.29, 0.717) is 0 Å². The van der Waals surface area contributed by atoms with Crippen molar-refractivity contribution in [2.24, 2.45) is 5.73 Å². The Bertz CT molecular complexity index is 149. The van der Waals surface area contributed by atoms with Crippen LogP contribution in [0.25, 0.3) is 0 Å². The molecule has 0 spiro atoms. The zero-order valence-corrected chi connectivity index (χ0v) is 7.88. The monoisotopic (exact) mass is 229 g/mol. The zero-order chi connectivity index (χ0) is 8.15. The average molecular weight is 228 g/mol. The predicted molar refractivity (Wildman–Crippen MR) is 41.0 cm³/mol. The second-order valence-electron chi connectivity index (χ2n) is 1.88. The molecule has 1 unspecified atom stereocenters. The van der Waals surface area contributed by atoms with Gasteiger partial charge in [-0.2, -0.15) is 0 Å². The third-order valence-corrected chi connectivity index (χ3v) is 0.986. The molecule has 66 valence electrons. The Morgan fingerprint density at radius 3 is 2.09 bits per heavy atom. The van der Waals surface area contributed by atoms with Crippen molar-refractivity contribution in [3.05, 3.63) is 0 Å². The molecule has 0 bridgehead atoms. The van der Waals surface area contributed by atoms with Crippen LogP contribution in [0.5, 0.6) is 0 Å². The van der Waals surface area contributed by atoms with E-state index in [1.807, 2.05) is 0 Å². The van der Waals surface area contributed by atoms with Gasteiger partial charge in [0.15, 0.2) is 0 Å². The van der Waals surface area contributed by atoms with Crippen molar-refractivity contribution >= 4 is 29.0 Å². The molecule has 1 atom stereocenters. The van der Waals surface area contributed by atoms with E-state index in [1.165, 1.54) is 0 Å². The molecule has 0 aromatic rings. The van der Waals surface area contributed by atoms with E-state index >= 15 is 0 Å². The molecule has 0 saturated heterocycles. The van der Waals surface area contributed by atoms with Crippen LogP contribution in [0.3, 0.4) is 0 Å². The summed E-state index contributed by atoms with van der Waals surface area (Å²) in [5.74, 6) is -2.20. The van der Waals surface area contributed by atoms with Crippen molar-refractivity contribution < 1.29 is 19.8 Å². The fourth-order valence-corrected chi connectivity index (χ4v) is 0.402. The molecule has 0 heterocycles. The van der Waals surface area contributed by atoms with E-state index in [9.17, 15) is 9.59 Å². The molecule has 0 aromatic heterocycles. The molecular formula is C5H11NO4Se. The number of aliphatic carboxylic acids is 2. The summed E-state index contributed by atoms with van der Waals surface area (Å²) in [6.07, 6.45) is -0.224. The number of nitrogens with two attached hydrogens (primary N) is 1. The summed E-state index contributed by atoms with van der Waals surface area (Å²) in [5, 5.41) is 16.3. The number of carboxylic acids is 2. The molecule has 11 heavy (non-hydrogen) atoms. The first-order chi connectivity index (χ1) is 4.54. The SMILES string of the molecule is NC(CCC(=O)O)C(=O)O.[SeH2]. The van der Waals surface area contributed by atoms with Gasteiger partial charge in [0.05, 0.1) is 0 Å². The van der Waals surface area contributed by atoms with Gasteiger partial charge in [-0.05, 0) is 6.42 Å². The van der Waals surface area contributed by atoms with Gasteiger partial charge in [-0.1, -0.05) is 0 Å². The van der Waals surface area contributed by atoms with Crippen molar-refractivity contribution in [3.63, 3.8) is 0 Å². The van der Waals surface area contributed by atoms with Crippen LogP contribution in [0.4, 0.5) is 0 Å². The Kier molecular flexibility index (Phi) is 7.29. The maximum atomic E-state index is 9.99. The molecule has 0 aliphatic carbocycles. The second kappa shape index (κ2) is 6.15. The Morgan fingerprint density at radius 2 is 1.82 bits per heavy atom. The molecule has 0 fully saturated rings. The first-order valence-electron chi connectivity index (χ1n) is 2.74. The Balaban J connectivity index is 0. The van der Waals surface area contributed by atoms with E-state index in [2.05, 4.69) is 0 Å². The van der Waals surface area contributed by atoms with Crippen LogP contribution in [-0.4, -0.2) is 45.3 Å². The quantitative estimate of drug-likeness (QED) is 0.500. The fraction of sp³-hybridized carbons (Fsp3) is 0.600. The molecule has 4 N–H and O–H groups in total. The van der Waals surface area contributed by atoms with E-state index < -0.39 is 18.0 Å². The third kappa shape index (κ3) is 7.31. The summed E-state index contributed by atoms with van der Waals surface area (Å²) < 4.78 is 0. The molecular weight excluding hydrogens is 217 g/mol. The van der Waals surface area contributed by atoms with Crippen LogP contribution >= 0.6 is 0 Å². The number of carbonyl (C=O) groups is 2. The molecule has 0 radical (unpaired) electrons. The fourth-order valence-electron chi connectivity index (χ4n) is 0.402. The number of hydrogen-bond acceptors (Lipinski definition) is 3. The first kappa shape index (κ1) is 13.0. The molecule has 0 aromatic carbocycles. The summed E-state index contributed by atoms with van der Waals surface area (Å²) in [5.41, 5.74) is 5.00. The predicted octanol–water partition coefficient (Wildman–Crippen LogP) is -1.65. The summed E-state index contributed by atoms with van der Waals surface area (Å²) in [6, 6.07) is -1.06. The maximum absolute atomic E-state index is 9.99. The van der Waals surface area contributed by atoms with Gasteiger partial charge in [0.1, 0.15) is 6.04 Å². The minimum absolute atomic E-state index is 0. The van der Waals surface area contributed by atoms with Crippen molar-refractivity contribution in [2.45, 2.75) is 18.9 Å². The van der Waals surface area contributed by atoms with Gasteiger partial charge in [0.2, 0.25) is 0 Å². The topological polar surface area (TPSA) is 101 Å². The van der Waals surface area contributed by atoms with Gasteiger partial charge in [0, 0.05) is 6.42 Å². The van der Waals surface area contributed by atoms with Crippen molar-refractivity contribution in [1.82, 2.24) is 0 Å². The van der Waals surface area contributed by atoms with Crippen LogP contribution in [-0.2, 0) is 9.59 Å². The van der Waals surface area contributed by atoms with Crippen molar-refractivity contribution in [3.8, 4) is 0 Å². The zero-order valence-electron chi connectivity index (χ0n) is 5.78. The van der Waals surface area contributed by atoms with Crippen LogP contribution in [0.15, 0.2) is 0 Å². The van der Waals surface area contributed by atoms with Gasteiger partial charge in [0.25, 0.3) is 0 Å². The molecule has 5 nitrogen and oxygen atoms in total. The molecule has 0 rings (SSSR count). The number of carboxylic acid groups (broad SMARTS) is 2. The molecule has 0 amide bonds. The summed E-state index contributed by atoms with van der Waals surface area (Å²) in [6.45, 7) is 0. The van der Waals surface area contributed by atoms with Crippen LogP contribution in [0, 0.1) is 0 Å².